The van der Waals surface area contributed by atoms with Gasteiger partial charge in [0.15, 0.2) is 5.69 Å². The van der Waals surface area contributed by atoms with E-state index < -0.39 is 15.9 Å². The normalized spacial score (nSPS) is 20.8. The summed E-state index contributed by atoms with van der Waals surface area (Å²) in [6.45, 7) is 10.3. The van der Waals surface area contributed by atoms with Gasteiger partial charge in [0.2, 0.25) is 0 Å². The third-order valence-corrected chi connectivity index (χ3v) is 15.9. The number of nitrogens with one attached hydrogen (secondary N) is 3. The molecule has 2 aliphatic heterocycles. The molecule has 4 aliphatic rings. The minimum atomic E-state index is -4.48. The highest BCUT2D eigenvalue weighted by Crippen LogP contribution is 2.43. The molecule has 3 fully saturated rings. The fourth-order valence-electron chi connectivity index (χ4n) is 10.4. The minimum Gasteiger partial charge on any atom is -0.488 e. The zero-order valence-electron chi connectivity index (χ0n) is 38.5. The van der Waals surface area contributed by atoms with Crippen LogP contribution < -0.4 is 19.7 Å². The smallest absolute Gasteiger partial charge is 0.267 e. The van der Waals surface area contributed by atoms with Crippen molar-refractivity contribution in [1.82, 2.24) is 34.7 Å². The Morgan fingerprint density at radius 1 is 0.941 bits per heavy atom. The summed E-state index contributed by atoms with van der Waals surface area (Å²) in [5.41, 5.74) is 7.54. The molecule has 3 aromatic heterocycles. The number of carbonyl (C=O) groups excluding carboxylic acids is 1. The van der Waals surface area contributed by atoms with Crippen LogP contribution in [-0.2, 0) is 14.8 Å². The molecule has 3 N–H and O–H groups in total. The molecule has 5 heterocycles. The fourth-order valence-corrected chi connectivity index (χ4v) is 11.5. The number of ether oxygens (including phenoxy) is 2. The number of hydrogen-bond donors (Lipinski definition) is 3. The number of anilines is 1. The van der Waals surface area contributed by atoms with Crippen molar-refractivity contribution in [3.05, 3.63) is 112 Å². The van der Waals surface area contributed by atoms with E-state index in [9.17, 15) is 18.1 Å². The van der Waals surface area contributed by atoms with Gasteiger partial charge in [-0.05, 0) is 140 Å². The van der Waals surface area contributed by atoms with Crippen molar-refractivity contribution < 1.29 is 22.7 Å². The van der Waals surface area contributed by atoms with Gasteiger partial charge in [0.25, 0.3) is 15.9 Å². The Morgan fingerprint density at radius 2 is 1.71 bits per heavy atom. The van der Waals surface area contributed by atoms with Gasteiger partial charge in [0, 0.05) is 80.3 Å². The quantitative estimate of drug-likeness (QED) is 0.0941. The first-order valence-corrected chi connectivity index (χ1v) is 25.7. The largest absolute Gasteiger partial charge is 0.488 e. The number of aromatic amines is 1. The molecular formula is C51H58ClN9O6S. The number of aromatic nitrogens is 4. The number of piperazine rings is 1. The van der Waals surface area contributed by atoms with Gasteiger partial charge in [-0.15, -0.1) is 4.91 Å². The van der Waals surface area contributed by atoms with Gasteiger partial charge >= 0.3 is 0 Å². The van der Waals surface area contributed by atoms with Crippen molar-refractivity contribution in [2.24, 2.45) is 10.6 Å². The van der Waals surface area contributed by atoms with Crippen LogP contribution in [0, 0.1) is 10.3 Å². The van der Waals surface area contributed by atoms with E-state index in [2.05, 4.69) is 61.1 Å². The predicted molar refractivity (Wildman–Crippen MR) is 266 cm³/mol. The van der Waals surface area contributed by atoms with E-state index in [0.29, 0.717) is 34.5 Å². The molecule has 0 radical (unpaired) electrons. The van der Waals surface area contributed by atoms with Crippen LogP contribution >= 0.6 is 11.6 Å². The second-order valence-electron chi connectivity index (χ2n) is 19.6. The lowest BCUT2D eigenvalue weighted by molar-refractivity contribution is 0.0689. The maximum atomic E-state index is 14.3. The SMILES string of the molecule is CC1(C)CCC(CN2CCN(c3ccc(C(=O)NS(=O)(=O)c4ccc(OC5CCC(NC6CCOCC6)CC5)c(N=O)c4)c(-n4ncc5nc6[nH]ccc6cc54)c3)CC2)=C(c2ccc(Cl)cc2)C1. The van der Waals surface area contributed by atoms with Crippen LogP contribution in [0.15, 0.2) is 101 Å². The number of carbonyl (C=O) groups is 1. The maximum Gasteiger partial charge on any atom is 0.267 e. The van der Waals surface area contributed by atoms with Gasteiger partial charge in [0.05, 0.1) is 34.0 Å². The summed E-state index contributed by atoms with van der Waals surface area (Å²) >= 11 is 6.27. The Bertz CT molecular complexity index is 2970. The van der Waals surface area contributed by atoms with Crippen LogP contribution in [0.25, 0.3) is 33.3 Å². The van der Waals surface area contributed by atoms with Crippen molar-refractivity contribution in [1.29, 1.82) is 0 Å². The molecule has 0 unspecified atom stereocenters. The third kappa shape index (κ3) is 10.1. The molecular weight excluding hydrogens is 902 g/mol. The number of halogens is 1. The van der Waals surface area contributed by atoms with Gasteiger partial charge in [-0.3, -0.25) is 9.69 Å². The van der Waals surface area contributed by atoms with Gasteiger partial charge in [-0.2, -0.15) is 5.10 Å². The number of hydrogen-bond acceptors (Lipinski definition) is 12. The number of H-pyrrole nitrogens is 1. The molecule has 0 spiro atoms. The molecule has 6 aromatic rings. The van der Waals surface area contributed by atoms with Crippen LogP contribution in [0.3, 0.4) is 0 Å². The van der Waals surface area contributed by atoms with Crippen molar-refractivity contribution in [2.75, 3.05) is 50.8 Å². The highest BCUT2D eigenvalue weighted by molar-refractivity contribution is 7.90. The van der Waals surface area contributed by atoms with Crippen molar-refractivity contribution in [3.63, 3.8) is 0 Å². The van der Waals surface area contributed by atoms with Crippen LogP contribution in [0.5, 0.6) is 5.75 Å². The number of nitroso groups, excluding NO2 is 1. The topological polar surface area (TPSA) is 176 Å². The summed E-state index contributed by atoms with van der Waals surface area (Å²) in [5.74, 6) is -0.651. The maximum absolute atomic E-state index is 14.3. The monoisotopic (exact) mass is 959 g/mol. The Kier molecular flexibility index (Phi) is 13.1. The van der Waals surface area contributed by atoms with E-state index in [1.165, 1.54) is 28.8 Å². The van der Waals surface area contributed by atoms with Crippen LogP contribution in [0.4, 0.5) is 11.4 Å². The molecule has 0 atom stereocenters. The second-order valence-corrected chi connectivity index (χ2v) is 21.7. The van der Waals surface area contributed by atoms with Crippen molar-refractivity contribution in [2.45, 2.75) is 94.7 Å². The molecule has 15 nitrogen and oxygen atoms in total. The molecule has 68 heavy (non-hydrogen) atoms. The Balaban J connectivity index is 0.864. The standard InChI is InChI=1S/C51H58ClN9O6S/c1-51(2)19-15-35(43(30-51)33-3-5-36(52)6-4-33)32-59-21-23-60(24-22-59)39-9-13-42(46(28-39)61-47-27-34-16-20-53-49(34)56-45(47)31-54-61)50(62)58-68(64,65)41-12-14-48(44(29-41)57-63)67-40-10-7-37(8-11-40)55-38-17-25-66-26-18-38/h3-6,9,12-14,16,20,27-29,31,37-38,40,55H,7-8,10-11,15,17-19,21-26,30,32H2,1-2H3,(H,53,56)(H,58,62). The highest BCUT2D eigenvalue weighted by Gasteiger charge is 2.31. The summed E-state index contributed by atoms with van der Waals surface area (Å²) < 4.78 is 43.5. The zero-order chi connectivity index (χ0) is 47.0. The summed E-state index contributed by atoms with van der Waals surface area (Å²) in [7, 11) is -4.48. The Labute approximate surface area is 401 Å². The second kappa shape index (κ2) is 19.4. The lowest BCUT2D eigenvalue weighted by Gasteiger charge is -2.39. The van der Waals surface area contributed by atoms with E-state index in [0.717, 1.165) is 126 Å². The number of rotatable bonds is 13. The molecule has 17 heteroatoms. The van der Waals surface area contributed by atoms with Gasteiger partial charge < -0.3 is 24.7 Å². The fraction of sp³-hybridized carbons (Fsp3) is 0.431. The molecule has 1 amide bonds. The lowest BCUT2D eigenvalue weighted by Crippen LogP contribution is -2.47. The number of allylic oxidation sites excluding steroid dienone is 1. The molecule has 1 saturated carbocycles. The van der Waals surface area contributed by atoms with Crippen molar-refractivity contribution >= 4 is 66.5 Å². The van der Waals surface area contributed by atoms with Crippen LogP contribution in [0.2, 0.25) is 5.02 Å². The van der Waals surface area contributed by atoms with Crippen LogP contribution in [-0.4, -0.2) is 103 Å². The average molecular weight is 961 g/mol. The Morgan fingerprint density at radius 3 is 2.47 bits per heavy atom. The molecule has 10 rings (SSSR count). The lowest BCUT2D eigenvalue weighted by atomic mass is 9.72. The molecule has 356 valence electrons. The molecule has 3 aromatic carbocycles. The predicted octanol–water partition coefficient (Wildman–Crippen LogP) is 9.32. The molecule has 2 aliphatic carbocycles. The summed E-state index contributed by atoms with van der Waals surface area (Å²) in [6, 6.07) is 22.3. The van der Waals surface area contributed by atoms with E-state index in [4.69, 9.17) is 26.1 Å². The number of amides is 1. The number of nitrogens with zero attached hydrogens (tertiary/aromatic N) is 6. The first-order chi connectivity index (χ1) is 32.9. The first kappa shape index (κ1) is 46.1. The molecule has 0 bridgehead atoms. The number of pyridine rings is 1. The molecule has 2 saturated heterocycles. The average Bonchev–Trinajstić information content (AvgIpc) is 3.99. The summed E-state index contributed by atoms with van der Waals surface area (Å²) in [4.78, 5) is 38.8. The number of fused-ring (bicyclic) bond motifs is 2. The Hall–Kier alpha value is -5.65. The number of benzene rings is 3. The van der Waals surface area contributed by atoms with Crippen molar-refractivity contribution in [3.8, 4) is 11.4 Å². The number of sulfonamides is 1. The zero-order valence-corrected chi connectivity index (χ0v) is 40.1. The summed E-state index contributed by atoms with van der Waals surface area (Å²) in [6.07, 6.45) is 12.0. The van der Waals surface area contributed by atoms with E-state index >= 15 is 0 Å². The van der Waals surface area contributed by atoms with E-state index in [1.807, 2.05) is 42.6 Å². The van der Waals surface area contributed by atoms with E-state index in [-0.39, 0.29) is 33.4 Å². The van der Waals surface area contributed by atoms with Gasteiger partial charge in [-0.1, -0.05) is 43.2 Å². The first-order valence-electron chi connectivity index (χ1n) is 23.8. The van der Waals surface area contributed by atoms with E-state index in [1.54, 1.807) is 16.9 Å². The van der Waals surface area contributed by atoms with Gasteiger partial charge in [0.1, 0.15) is 16.9 Å². The van der Waals surface area contributed by atoms with Crippen LogP contribution in [0.1, 0.15) is 87.6 Å². The minimum absolute atomic E-state index is 0.0904. The third-order valence-electron chi connectivity index (χ3n) is 14.3. The van der Waals surface area contributed by atoms with Gasteiger partial charge in [-0.25, -0.2) is 22.8 Å². The highest BCUT2D eigenvalue weighted by atomic mass is 35.5. The summed E-state index contributed by atoms with van der Waals surface area (Å²) in [5, 5.41) is 13.2.